The number of hydrogen-bond acceptors (Lipinski definition) is 3. The van der Waals surface area contributed by atoms with Crippen LogP contribution in [0.25, 0.3) is 0 Å². The minimum atomic E-state index is -1.55. The van der Waals surface area contributed by atoms with Crippen LogP contribution in [0.3, 0.4) is 0 Å². The van der Waals surface area contributed by atoms with Gasteiger partial charge in [0.2, 0.25) is 0 Å². The molecule has 0 aromatic rings. The Bertz CT molecular complexity index is 810. The predicted octanol–water partition coefficient (Wildman–Crippen LogP) is 9.82. The lowest BCUT2D eigenvalue weighted by molar-refractivity contribution is 0.129. The van der Waals surface area contributed by atoms with E-state index in [1.807, 2.05) is 0 Å². The lowest BCUT2D eigenvalue weighted by atomic mass is 9.63. The molecule has 4 atom stereocenters. The standard InChI is InChI=1S/C31H53O3P/c1-26(2,3)22-20-30(13,28(7,8)9)18-16-24(22)33-35(32-15)34-25-17-19-31(14,29(10,11)12)21-23(25)27(4,5)6/h16-21,24-25H,1-15H3. The van der Waals surface area contributed by atoms with Crippen molar-refractivity contribution in [3.8, 4) is 0 Å². The maximum atomic E-state index is 6.57. The third-order valence-electron chi connectivity index (χ3n) is 8.27. The van der Waals surface area contributed by atoms with Gasteiger partial charge in [-0.25, -0.2) is 0 Å². The van der Waals surface area contributed by atoms with Gasteiger partial charge in [-0.2, -0.15) is 0 Å². The molecule has 0 bridgehead atoms. The summed E-state index contributed by atoms with van der Waals surface area (Å²) in [6.07, 6.45) is 13.5. The predicted molar refractivity (Wildman–Crippen MR) is 152 cm³/mol. The summed E-state index contributed by atoms with van der Waals surface area (Å²) >= 11 is 0. The smallest absolute Gasteiger partial charge is 0.316 e. The van der Waals surface area contributed by atoms with Crippen molar-refractivity contribution < 1.29 is 13.6 Å². The Hall–Kier alpha value is -0.730. The van der Waals surface area contributed by atoms with Gasteiger partial charge in [-0.15, -0.1) is 0 Å². The van der Waals surface area contributed by atoms with Crippen molar-refractivity contribution in [3.05, 3.63) is 47.6 Å². The van der Waals surface area contributed by atoms with E-state index < -0.39 is 8.60 Å². The van der Waals surface area contributed by atoms with Crippen LogP contribution in [0.15, 0.2) is 47.6 Å². The van der Waals surface area contributed by atoms with Crippen molar-refractivity contribution >= 4 is 8.60 Å². The molecule has 0 spiro atoms. The van der Waals surface area contributed by atoms with E-state index in [0.717, 1.165) is 0 Å². The van der Waals surface area contributed by atoms with E-state index in [0.29, 0.717) is 0 Å². The Balaban J connectivity index is 2.35. The molecule has 4 unspecified atom stereocenters. The summed E-state index contributed by atoms with van der Waals surface area (Å²) in [6, 6.07) is 0. The third-order valence-corrected chi connectivity index (χ3v) is 9.37. The van der Waals surface area contributed by atoms with Gasteiger partial charge >= 0.3 is 8.60 Å². The van der Waals surface area contributed by atoms with Crippen molar-refractivity contribution in [2.45, 2.75) is 109 Å². The minimum Gasteiger partial charge on any atom is -0.316 e. The molecule has 0 fully saturated rings. The Morgan fingerprint density at radius 3 is 1.17 bits per heavy atom. The molecule has 0 saturated carbocycles. The molecule has 3 nitrogen and oxygen atoms in total. The molecule has 0 heterocycles. The van der Waals surface area contributed by atoms with E-state index >= 15 is 0 Å². The van der Waals surface area contributed by atoms with Crippen LogP contribution >= 0.6 is 8.60 Å². The highest BCUT2D eigenvalue weighted by Crippen LogP contribution is 2.54. The van der Waals surface area contributed by atoms with Crippen LogP contribution in [0.5, 0.6) is 0 Å². The molecular weight excluding hydrogens is 451 g/mol. The van der Waals surface area contributed by atoms with Gasteiger partial charge in [0.1, 0.15) is 12.2 Å². The first-order chi connectivity index (χ1) is 15.5. The monoisotopic (exact) mass is 504 g/mol. The van der Waals surface area contributed by atoms with Gasteiger partial charge in [0.15, 0.2) is 0 Å². The quantitative estimate of drug-likeness (QED) is 0.275. The van der Waals surface area contributed by atoms with Gasteiger partial charge < -0.3 is 13.6 Å². The first kappa shape index (κ1) is 30.5. The molecule has 0 aliphatic heterocycles. The normalized spacial score (nSPS) is 31.3. The molecule has 0 aromatic carbocycles. The van der Waals surface area contributed by atoms with Crippen LogP contribution in [0, 0.1) is 32.5 Å². The average Bonchev–Trinajstić information content (AvgIpc) is 2.66. The highest BCUT2D eigenvalue weighted by molar-refractivity contribution is 7.41. The van der Waals surface area contributed by atoms with Crippen molar-refractivity contribution in [2.24, 2.45) is 32.5 Å². The van der Waals surface area contributed by atoms with Gasteiger partial charge in [-0.05, 0) is 32.8 Å². The molecule has 2 aliphatic rings. The Kier molecular flexibility index (Phi) is 8.59. The fourth-order valence-corrected chi connectivity index (χ4v) is 5.35. The van der Waals surface area contributed by atoms with E-state index in [4.69, 9.17) is 13.6 Å². The molecule has 0 aromatic heterocycles. The van der Waals surface area contributed by atoms with Gasteiger partial charge in [0, 0.05) is 17.9 Å². The summed E-state index contributed by atoms with van der Waals surface area (Å²) < 4.78 is 19.0. The van der Waals surface area contributed by atoms with Gasteiger partial charge in [0.05, 0.1) is 0 Å². The molecule has 0 saturated heterocycles. The summed E-state index contributed by atoms with van der Waals surface area (Å²) in [5.74, 6) is 0. The second kappa shape index (κ2) is 9.86. The zero-order valence-corrected chi connectivity index (χ0v) is 26.2. The van der Waals surface area contributed by atoms with Crippen molar-refractivity contribution in [1.29, 1.82) is 0 Å². The van der Waals surface area contributed by atoms with Crippen LogP contribution < -0.4 is 0 Å². The molecule has 0 N–H and O–H groups in total. The van der Waals surface area contributed by atoms with Crippen LogP contribution in [0.1, 0.15) is 96.9 Å². The first-order valence-corrected chi connectivity index (χ1v) is 14.2. The van der Waals surface area contributed by atoms with Gasteiger partial charge in [-0.3, -0.25) is 0 Å². The van der Waals surface area contributed by atoms with E-state index in [2.05, 4.69) is 133 Å². The fraction of sp³-hybridized carbons (Fsp3) is 0.742. The zero-order chi connectivity index (χ0) is 27.3. The molecular formula is C31H53O3P. The van der Waals surface area contributed by atoms with Crippen molar-refractivity contribution in [1.82, 2.24) is 0 Å². The van der Waals surface area contributed by atoms with Crippen LogP contribution in [0.2, 0.25) is 0 Å². The second-order valence-corrected chi connectivity index (χ2v) is 16.2. The lowest BCUT2D eigenvalue weighted by Gasteiger charge is -2.45. The summed E-state index contributed by atoms with van der Waals surface area (Å²) in [5.41, 5.74) is 2.60. The molecule has 0 radical (unpaired) electrons. The van der Waals surface area contributed by atoms with Crippen molar-refractivity contribution in [2.75, 3.05) is 7.11 Å². The summed E-state index contributed by atoms with van der Waals surface area (Å²) in [4.78, 5) is 0. The topological polar surface area (TPSA) is 27.7 Å². The summed E-state index contributed by atoms with van der Waals surface area (Å²) in [6.45, 7) is 31.9. The van der Waals surface area contributed by atoms with E-state index in [-0.39, 0.29) is 44.7 Å². The minimum absolute atomic E-state index is 0.0353. The maximum Gasteiger partial charge on any atom is 0.334 e. The van der Waals surface area contributed by atoms with E-state index in [1.165, 1.54) is 11.1 Å². The largest absolute Gasteiger partial charge is 0.334 e. The van der Waals surface area contributed by atoms with Gasteiger partial charge in [-0.1, -0.05) is 133 Å². The summed E-state index contributed by atoms with van der Waals surface area (Å²) in [5, 5.41) is 0. The van der Waals surface area contributed by atoms with Crippen LogP contribution in [-0.4, -0.2) is 19.3 Å². The molecule has 2 rings (SSSR count). The zero-order valence-electron chi connectivity index (χ0n) is 25.3. The average molecular weight is 505 g/mol. The highest BCUT2D eigenvalue weighted by atomic mass is 31.2. The highest BCUT2D eigenvalue weighted by Gasteiger charge is 2.42. The van der Waals surface area contributed by atoms with Crippen molar-refractivity contribution in [3.63, 3.8) is 0 Å². The Morgan fingerprint density at radius 2 is 0.943 bits per heavy atom. The lowest BCUT2D eigenvalue weighted by Crippen LogP contribution is -2.37. The molecule has 2 aliphatic carbocycles. The van der Waals surface area contributed by atoms with E-state index in [1.54, 1.807) is 7.11 Å². The SMILES string of the molecule is COP(OC1C=CC(C)(C(C)(C)C)C=C1C(C)(C)C)OC1C=CC(C)(C(C)(C)C)C=C1C(C)(C)C. The maximum absolute atomic E-state index is 6.57. The molecule has 35 heavy (non-hydrogen) atoms. The number of allylic oxidation sites excluding steroid dienone is 4. The Labute approximate surface area is 218 Å². The number of hydrogen-bond donors (Lipinski definition) is 0. The molecule has 4 heteroatoms. The van der Waals surface area contributed by atoms with Crippen LogP contribution in [0.4, 0.5) is 0 Å². The van der Waals surface area contributed by atoms with E-state index in [9.17, 15) is 0 Å². The molecule has 200 valence electrons. The number of rotatable bonds is 5. The fourth-order valence-electron chi connectivity index (χ4n) is 4.39. The second-order valence-electron chi connectivity index (χ2n) is 14.9. The third kappa shape index (κ3) is 6.78. The van der Waals surface area contributed by atoms with Gasteiger partial charge in [0.25, 0.3) is 0 Å². The first-order valence-electron chi connectivity index (χ1n) is 13.1. The summed E-state index contributed by atoms with van der Waals surface area (Å²) in [7, 11) is 0.131. The van der Waals surface area contributed by atoms with Crippen LogP contribution in [-0.2, 0) is 13.6 Å². The molecule has 0 amide bonds. The Morgan fingerprint density at radius 1 is 0.629 bits per heavy atom.